The van der Waals surface area contributed by atoms with Crippen LogP contribution in [0.3, 0.4) is 0 Å². The second-order valence-corrected chi connectivity index (χ2v) is 7.86. The third-order valence-corrected chi connectivity index (χ3v) is 5.72. The summed E-state index contributed by atoms with van der Waals surface area (Å²) in [5, 5.41) is 0. The molecule has 0 spiro atoms. The molecular weight excluding hydrogens is 336 g/mol. The molecule has 0 bridgehead atoms. The highest BCUT2D eigenvalue weighted by atomic mass is 16.2. The van der Waals surface area contributed by atoms with Crippen LogP contribution in [0.25, 0.3) is 11.3 Å². The number of amides is 1. The lowest BCUT2D eigenvalue weighted by Crippen LogP contribution is -2.44. The third-order valence-electron chi connectivity index (χ3n) is 5.72. The van der Waals surface area contributed by atoms with Crippen LogP contribution in [0, 0.1) is 6.92 Å². The van der Waals surface area contributed by atoms with E-state index in [2.05, 4.69) is 41.1 Å². The van der Waals surface area contributed by atoms with E-state index in [1.165, 1.54) is 18.4 Å². The fraction of sp³-hybridized carbons (Fsp3) is 0.500. The van der Waals surface area contributed by atoms with E-state index < -0.39 is 0 Å². The van der Waals surface area contributed by atoms with Gasteiger partial charge in [-0.2, -0.15) is 0 Å². The number of benzene rings is 1. The van der Waals surface area contributed by atoms with E-state index in [0.717, 1.165) is 56.0 Å². The molecule has 2 aliphatic rings. The summed E-state index contributed by atoms with van der Waals surface area (Å²) in [6.07, 6.45) is 8.25. The number of rotatable bonds is 4. The van der Waals surface area contributed by atoms with Gasteiger partial charge in [0.2, 0.25) is 5.91 Å². The van der Waals surface area contributed by atoms with Crippen LogP contribution in [-0.4, -0.2) is 58.4 Å². The molecule has 2 aromatic rings. The van der Waals surface area contributed by atoms with Crippen molar-refractivity contribution in [1.82, 2.24) is 19.8 Å². The lowest BCUT2D eigenvalue weighted by molar-refractivity contribution is -0.133. The van der Waals surface area contributed by atoms with Crippen molar-refractivity contribution >= 4 is 5.91 Å². The Hall–Kier alpha value is -2.27. The van der Waals surface area contributed by atoms with Crippen LogP contribution in [0.5, 0.6) is 0 Å². The monoisotopic (exact) mass is 364 g/mol. The smallest absolute Gasteiger partial charge is 0.236 e. The predicted molar refractivity (Wildman–Crippen MR) is 106 cm³/mol. The first kappa shape index (κ1) is 18.1. The summed E-state index contributed by atoms with van der Waals surface area (Å²) >= 11 is 0. The summed E-state index contributed by atoms with van der Waals surface area (Å²) in [6.45, 7) is 6.42. The van der Waals surface area contributed by atoms with Gasteiger partial charge in [0.1, 0.15) is 0 Å². The number of aryl methyl sites for hydroxylation is 1. The van der Waals surface area contributed by atoms with Crippen LogP contribution in [-0.2, 0) is 4.79 Å². The highest BCUT2D eigenvalue weighted by Gasteiger charge is 2.27. The molecular formula is C22H28N4O. The number of likely N-dealkylation sites (tertiary alicyclic amines) is 2. The van der Waals surface area contributed by atoms with Crippen LogP contribution in [0.1, 0.15) is 42.9 Å². The van der Waals surface area contributed by atoms with Crippen molar-refractivity contribution < 1.29 is 4.79 Å². The van der Waals surface area contributed by atoms with E-state index in [1.807, 2.05) is 17.3 Å². The molecule has 0 aliphatic carbocycles. The van der Waals surface area contributed by atoms with Gasteiger partial charge in [0, 0.05) is 30.8 Å². The Labute approximate surface area is 161 Å². The van der Waals surface area contributed by atoms with Crippen LogP contribution in [0.2, 0.25) is 0 Å². The lowest BCUT2D eigenvalue weighted by Gasteiger charge is -2.33. The number of hydrogen-bond donors (Lipinski definition) is 0. The molecule has 5 heteroatoms. The molecule has 1 aromatic carbocycles. The lowest BCUT2D eigenvalue weighted by atomic mass is 9.94. The molecule has 2 fully saturated rings. The first-order valence-corrected chi connectivity index (χ1v) is 10.1. The molecule has 1 aromatic heterocycles. The number of hydrogen-bond acceptors (Lipinski definition) is 4. The number of carbonyl (C=O) groups is 1. The van der Waals surface area contributed by atoms with Crippen molar-refractivity contribution in [3.05, 3.63) is 47.9 Å². The molecule has 0 radical (unpaired) electrons. The Bertz CT molecular complexity index is 800. The van der Waals surface area contributed by atoms with Gasteiger partial charge in [0.15, 0.2) is 0 Å². The van der Waals surface area contributed by atoms with Crippen LogP contribution in [0.15, 0.2) is 36.7 Å². The molecule has 1 atom stereocenters. The first-order valence-electron chi connectivity index (χ1n) is 10.1. The summed E-state index contributed by atoms with van der Waals surface area (Å²) in [6, 6.07) is 8.36. The van der Waals surface area contributed by atoms with Gasteiger partial charge in [-0.3, -0.25) is 14.7 Å². The molecule has 142 valence electrons. The number of aromatic nitrogens is 2. The highest BCUT2D eigenvalue weighted by Crippen LogP contribution is 2.27. The van der Waals surface area contributed by atoms with Gasteiger partial charge in [-0.05, 0) is 51.8 Å². The molecule has 2 saturated heterocycles. The van der Waals surface area contributed by atoms with Gasteiger partial charge in [-0.25, -0.2) is 4.98 Å². The van der Waals surface area contributed by atoms with Crippen LogP contribution in [0.4, 0.5) is 0 Å². The Morgan fingerprint density at radius 3 is 2.81 bits per heavy atom. The normalized spacial score (nSPS) is 20.8. The van der Waals surface area contributed by atoms with Crippen LogP contribution < -0.4 is 0 Å². The molecule has 2 aliphatic heterocycles. The average molecular weight is 364 g/mol. The van der Waals surface area contributed by atoms with Gasteiger partial charge in [-0.15, -0.1) is 0 Å². The summed E-state index contributed by atoms with van der Waals surface area (Å²) in [5.74, 6) is 0.544. The van der Waals surface area contributed by atoms with Gasteiger partial charge in [0.25, 0.3) is 0 Å². The van der Waals surface area contributed by atoms with E-state index in [4.69, 9.17) is 4.98 Å². The van der Waals surface area contributed by atoms with Gasteiger partial charge in [-0.1, -0.05) is 23.8 Å². The number of nitrogens with zero attached hydrogens (tertiary/aromatic N) is 4. The first-order chi connectivity index (χ1) is 13.2. The van der Waals surface area contributed by atoms with Crippen molar-refractivity contribution in [2.45, 2.75) is 38.5 Å². The Kier molecular flexibility index (Phi) is 5.48. The van der Waals surface area contributed by atoms with Crippen molar-refractivity contribution in [2.24, 2.45) is 0 Å². The topological polar surface area (TPSA) is 49.3 Å². The minimum Gasteiger partial charge on any atom is -0.341 e. The maximum atomic E-state index is 12.7. The molecule has 4 rings (SSSR count). The fourth-order valence-corrected chi connectivity index (χ4v) is 4.20. The van der Waals surface area contributed by atoms with Crippen molar-refractivity contribution in [3.8, 4) is 11.3 Å². The van der Waals surface area contributed by atoms with E-state index in [0.29, 0.717) is 6.54 Å². The van der Waals surface area contributed by atoms with Crippen molar-refractivity contribution in [3.63, 3.8) is 0 Å². The number of piperidine rings is 1. The molecule has 1 unspecified atom stereocenters. The van der Waals surface area contributed by atoms with E-state index >= 15 is 0 Å². The maximum absolute atomic E-state index is 12.7. The molecule has 0 N–H and O–H groups in total. The molecule has 5 nitrogen and oxygen atoms in total. The second-order valence-electron chi connectivity index (χ2n) is 7.86. The largest absolute Gasteiger partial charge is 0.341 e. The molecule has 27 heavy (non-hydrogen) atoms. The highest BCUT2D eigenvalue weighted by molar-refractivity contribution is 5.78. The zero-order valence-electron chi connectivity index (χ0n) is 16.1. The number of carbonyl (C=O) groups excluding carboxylic acids is 1. The maximum Gasteiger partial charge on any atom is 0.236 e. The Morgan fingerprint density at radius 2 is 2.00 bits per heavy atom. The Balaban J connectivity index is 1.46. The minimum absolute atomic E-state index is 0.268. The zero-order valence-corrected chi connectivity index (χ0v) is 16.1. The standard InChI is InChI=1S/C22H28N4O/c1-17-6-4-7-18(12-17)20-13-23-14-21(24-20)19-8-5-11-26(15-19)22(27)16-25-9-2-3-10-25/h4,6-7,12-14,19H,2-3,5,8-11,15-16H2,1H3. The fourth-order valence-electron chi connectivity index (χ4n) is 4.20. The third kappa shape index (κ3) is 4.35. The summed E-state index contributed by atoms with van der Waals surface area (Å²) < 4.78 is 0. The van der Waals surface area contributed by atoms with Gasteiger partial charge < -0.3 is 4.90 Å². The average Bonchev–Trinajstić information content (AvgIpc) is 3.21. The summed E-state index contributed by atoms with van der Waals surface area (Å²) in [4.78, 5) is 26.4. The minimum atomic E-state index is 0.268. The Morgan fingerprint density at radius 1 is 1.15 bits per heavy atom. The van der Waals surface area contributed by atoms with Crippen molar-refractivity contribution in [2.75, 3.05) is 32.7 Å². The van der Waals surface area contributed by atoms with E-state index in [1.54, 1.807) is 0 Å². The van der Waals surface area contributed by atoms with Gasteiger partial charge in [0.05, 0.1) is 24.1 Å². The van der Waals surface area contributed by atoms with E-state index in [9.17, 15) is 4.79 Å². The van der Waals surface area contributed by atoms with E-state index in [-0.39, 0.29) is 11.8 Å². The summed E-state index contributed by atoms with van der Waals surface area (Å²) in [5.41, 5.74) is 4.24. The SMILES string of the molecule is Cc1cccc(-c2cncc(C3CCCN(C(=O)CN4CCCC4)C3)n2)c1. The molecule has 3 heterocycles. The quantitative estimate of drug-likeness (QED) is 0.836. The predicted octanol–water partition coefficient (Wildman–Crippen LogP) is 3.25. The van der Waals surface area contributed by atoms with Crippen LogP contribution >= 0.6 is 0 Å². The molecule has 0 saturated carbocycles. The van der Waals surface area contributed by atoms with Gasteiger partial charge >= 0.3 is 0 Å². The zero-order chi connectivity index (χ0) is 18.6. The van der Waals surface area contributed by atoms with Crippen molar-refractivity contribution in [1.29, 1.82) is 0 Å². The second kappa shape index (κ2) is 8.17. The summed E-state index contributed by atoms with van der Waals surface area (Å²) in [7, 11) is 0. The molecule has 1 amide bonds.